The van der Waals surface area contributed by atoms with E-state index in [-0.39, 0.29) is 40.8 Å². The minimum Gasteiger partial charge on any atom is -0.481 e. The molecule has 0 saturated carbocycles. The molecule has 1 rings (SSSR count). The molecule has 0 aliphatic rings. The second-order valence-electron chi connectivity index (χ2n) is 4.07. The van der Waals surface area contributed by atoms with E-state index in [0.29, 0.717) is 0 Å². The summed E-state index contributed by atoms with van der Waals surface area (Å²) in [5.41, 5.74) is -0.481. The topological polar surface area (TPSA) is 101 Å². The standard InChI is InChI=1S/C12H12Cl2N2O5/c1-2-15(4-3-10(17)18)12(19)8-5-7(16(20)21)6-9(13)11(8)14/h5-6H,2-4H2,1H3,(H,17,18). The summed E-state index contributed by atoms with van der Waals surface area (Å²) in [6.07, 6.45) is -0.236. The minimum atomic E-state index is -1.05. The molecule has 0 bridgehead atoms. The predicted octanol–water partition coefficient (Wildman–Crippen LogP) is 2.84. The SMILES string of the molecule is CCN(CCC(=O)O)C(=O)c1cc([N+](=O)[O-])cc(Cl)c1Cl. The molecular formula is C12H12Cl2N2O5. The first kappa shape index (κ1) is 17.2. The lowest BCUT2D eigenvalue weighted by molar-refractivity contribution is -0.384. The Kier molecular flexibility index (Phi) is 5.92. The van der Waals surface area contributed by atoms with Crippen molar-refractivity contribution < 1.29 is 19.6 Å². The number of nitro groups is 1. The van der Waals surface area contributed by atoms with Gasteiger partial charge in [-0.2, -0.15) is 0 Å². The number of hydrogen-bond acceptors (Lipinski definition) is 4. The molecule has 0 atom stereocenters. The number of non-ortho nitro benzene ring substituents is 1. The molecule has 0 unspecified atom stereocenters. The van der Waals surface area contributed by atoms with Crippen LogP contribution in [-0.2, 0) is 4.79 Å². The number of hydrogen-bond donors (Lipinski definition) is 1. The summed E-state index contributed by atoms with van der Waals surface area (Å²) in [4.78, 5) is 34.2. The number of aliphatic carboxylic acids is 1. The number of carboxylic acid groups (broad SMARTS) is 1. The van der Waals surface area contributed by atoms with Gasteiger partial charge >= 0.3 is 5.97 Å². The van der Waals surface area contributed by atoms with Crippen molar-refractivity contribution >= 4 is 40.8 Å². The van der Waals surface area contributed by atoms with Crippen LogP contribution in [0.2, 0.25) is 10.0 Å². The van der Waals surface area contributed by atoms with Crippen molar-refractivity contribution in [2.45, 2.75) is 13.3 Å². The number of carbonyl (C=O) groups is 2. The van der Waals surface area contributed by atoms with E-state index < -0.39 is 16.8 Å². The van der Waals surface area contributed by atoms with E-state index >= 15 is 0 Å². The molecule has 0 aromatic heterocycles. The molecule has 1 N–H and O–H groups in total. The molecular weight excluding hydrogens is 323 g/mol. The maximum Gasteiger partial charge on any atom is 0.305 e. The first-order valence-corrected chi connectivity index (χ1v) is 6.68. The van der Waals surface area contributed by atoms with E-state index in [1.807, 2.05) is 0 Å². The van der Waals surface area contributed by atoms with Gasteiger partial charge in [-0.25, -0.2) is 0 Å². The molecule has 0 fully saturated rings. The number of rotatable bonds is 6. The van der Waals surface area contributed by atoms with E-state index in [9.17, 15) is 19.7 Å². The number of nitrogens with zero attached hydrogens (tertiary/aromatic N) is 2. The molecule has 0 saturated heterocycles. The van der Waals surface area contributed by atoms with Crippen molar-refractivity contribution in [3.05, 3.63) is 37.9 Å². The zero-order chi connectivity index (χ0) is 16.2. The average Bonchev–Trinajstić information content (AvgIpc) is 2.41. The fourth-order valence-corrected chi connectivity index (χ4v) is 2.04. The fraction of sp³-hybridized carbons (Fsp3) is 0.333. The first-order valence-electron chi connectivity index (χ1n) is 5.92. The normalized spacial score (nSPS) is 10.2. The van der Waals surface area contributed by atoms with Crippen molar-refractivity contribution in [2.75, 3.05) is 13.1 Å². The zero-order valence-corrected chi connectivity index (χ0v) is 12.5. The molecule has 0 spiro atoms. The van der Waals surface area contributed by atoms with E-state index in [2.05, 4.69) is 0 Å². The van der Waals surface area contributed by atoms with Crippen LogP contribution < -0.4 is 0 Å². The third-order valence-corrected chi connectivity index (χ3v) is 3.52. The minimum absolute atomic E-state index is 0.0265. The van der Waals surface area contributed by atoms with Crippen LogP contribution in [0, 0.1) is 10.1 Å². The zero-order valence-electron chi connectivity index (χ0n) is 11.0. The highest BCUT2D eigenvalue weighted by molar-refractivity contribution is 6.44. The molecule has 114 valence electrons. The Hall–Kier alpha value is -1.86. The van der Waals surface area contributed by atoms with Gasteiger partial charge in [0, 0.05) is 25.2 Å². The molecule has 0 aliphatic carbocycles. The quantitative estimate of drug-likeness (QED) is 0.636. The summed E-state index contributed by atoms with van der Waals surface area (Å²) in [5, 5.41) is 19.2. The van der Waals surface area contributed by atoms with E-state index in [0.717, 1.165) is 12.1 Å². The van der Waals surface area contributed by atoms with Crippen LogP contribution >= 0.6 is 23.2 Å². The highest BCUT2D eigenvalue weighted by atomic mass is 35.5. The molecule has 1 amide bonds. The van der Waals surface area contributed by atoms with Gasteiger partial charge in [0.2, 0.25) is 0 Å². The average molecular weight is 335 g/mol. The molecule has 9 heteroatoms. The smallest absolute Gasteiger partial charge is 0.305 e. The summed E-state index contributed by atoms with van der Waals surface area (Å²) in [5.74, 6) is -1.65. The Morgan fingerprint density at radius 2 is 2.00 bits per heavy atom. The van der Waals surface area contributed by atoms with Crippen molar-refractivity contribution in [1.29, 1.82) is 0 Å². The van der Waals surface area contributed by atoms with Crippen LogP contribution in [-0.4, -0.2) is 39.9 Å². The van der Waals surface area contributed by atoms with Crippen LogP contribution in [0.4, 0.5) is 5.69 Å². The van der Waals surface area contributed by atoms with Gasteiger partial charge in [0.1, 0.15) is 0 Å². The Balaban J connectivity index is 3.15. The molecule has 7 nitrogen and oxygen atoms in total. The predicted molar refractivity (Wildman–Crippen MR) is 76.9 cm³/mol. The molecule has 1 aromatic rings. The summed E-state index contributed by atoms with van der Waals surface area (Å²) in [6, 6.07) is 2.08. The van der Waals surface area contributed by atoms with Crippen LogP contribution in [0.3, 0.4) is 0 Å². The van der Waals surface area contributed by atoms with Gasteiger partial charge in [0.05, 0.1) is 27.0 Å². The number of nitro benzene ring substituents is 1. The van der Waals surface area contributed by atoms with Gasteiger partial charge in [-0.15, -0.1) is 0 Å². The summed E-state index contributed by atoms with van der Waals surface area (Å²) < 4.78 is 0. The number of carboxylic acids is 1. The summed E-state index contributed by atoms with van der Waals surface area (Å²) in [7, 11) is 0. The Morgan fingerprint density at radius 1 is 1.38 bits per heavy atom. The summed E-state index contributed by atoms with van der Waals surface area (Å²) >= 11 is 11.7. The fourth-order valence-electron chi connectivity index (χ4n) is 1.64. The van der Waals surface area contributed by atoms with Crippen molar-refractivity contribution in [3.63, 3.8) is 0 Å². The van der Waals surface area contributed by atoms with E-state index in [1.165, 1.54) is 4.90 Å². The third kappa shape index (κ3) is 4.30. The number of benzene rings is 1. The maximum atomic E-state index is 12.3. The monoisotopic (exact) mass is 334 g/mol. The second kappa shape index (κ2) is 7.24. The second-order valence-corrected chi connectivity index (χ2v) is 4.86. The van der Waals surface area contributed by atoms with Gasteiger partial charge in [-0.3, -0.25) is 19.7 Å². The van der Waals surface area contributed by atoms with Crippen LogP contribution in [0.15, 0.2) is 12.1 Å². The lowest BCUT2D eigenvalue weighted by Gasteiger charge is -2.20. The third-order valence-electron chi connectivity index (χ3n) is 2.72. The Morgan fingerprint density at radius 3 is 2.48 bits per heavy atom. The molecule has 21 heavy (non-hydrogen) atoms. The van der Waals surface area contributed by atoms with Gasteiger partial charge < -0.3 is 10.0 Å². The van der Waals surface area contributed by atoms with Crippen LogP contribution in [0.1, 0.15) is 23.7 Å². The van der Waals surface area contributed by atoms with Gasteiger partial charge in [0.25, 0.3) is 11.6 Å². The molecule has 0 aliphatic heterocycles. The van der Waals surface area contributed by atoms with Crippen LogP contribution in [0.25, 0.3) is 0 Å². The number of carbonyl (C=O) groups excluding carboxylic acids is 1. The van der Waals surface area contributed by atoms with Gasteiger partial charge in [-0.1, -0.05) is 23.2 Å². The molecule has 0 heterocycles. The largest absolute Gasteiger partial charge is 0.481 e. The number of halogens is 2. The highest BCUT2D eigenvalue weighted by Gasteiger charge is 2.23. The van der Waals surface area contributed by atoms with Crippen molar-refractivity contribution in [2.24, 2.45) is 0 Å². The Bertz CT molecular complexity index is 591. The van der Waals surface area contributed by atoms with E-state index in [4.69, 9.17) is 28.3 Å². The van der Waals surface area contributed by atoms with Gasteiger partial charge in [-0.05, 0) is 6.92 Å². The summed E-state index contributed by atoms with van der Waals surface area (Å²) in [6.45, 7) is 1.87. The van der Waals surface area contributed by atoms with Gasteiger partial charge in [0.15, 0.2) is 0 Å². The number of amides is 1. The molecule has 0 radical (unpaired) electrons. The van der Waals surface area contributed by atoms with E-state index in [1.54, 1.807) is 6.92 Å². The highest BCUT2D eigenvalue weighted by Crippen LogP contribution is 2.31. The lowest BCUT2D eigenvalue weighted by atomic mass is 10.1. The molecule has 1 aromatic carbocycles. The first-order chi connectivity index (χ1) is 9.77. The van der Waals surface area contributed by atoms with Crippen molar-refractivity contribution in [1.82, 2.24) is 4.90 Å². The Labute approximate surface area is 130 Å². The lowest BCUT2D eigenvalue weighted by Crippen LogP contribution is -2.33. The maximum absolute atomic E-state index is 12.3. The van der Waals surface area contributed by atoms with Crippen molar-refractivity contribution in [3.8, 4) is 0 Å². The van der Waals surface area contributed by atoms with Crippen LogP contribution in [0.5, 0.6) is 0 Å².